The molecule has 0 saturated carbocycles. The molecule has 156 valence electrons. The van der Waals surface area contributed by atoms with Crippen LogP contribution in [0.5, 0.6) is 0 Å². The number of amides is 1. The van der Waals surface area contributed by atoms with Crippen molar-refractivity contribution in [1.29, 1.82) is 0 Å². The maximum absolute atomic E-state index is 13.1. The van der Waals surface area contributed by atoms with E-state index in [-0.39, 0.29) is 24.1 Å². The molecule has 0 bridgehead atoms. The third-order valence-electron chi connectivity index (χ3n) is 5.26. The molecule has 1 amide bonds. The first-order valence-electron chi connectivity index (χ1n) is 10.0. The Morgan fingerprint density at radius 1 is 1.03 bits per heavy atom. The minimum atomic E-state index is -3.40. The summed E-state index contributed by atoms with van der Waals surface area (Å²) in [5.74, 6) is -0.0952. The van der Waals surface area contributed by atoms with E-state index >= 15 is 0 Å². The Labute approximate surface area is 173 Å². The predicted octanol–water partition coefficient (Wildman–Crippen LogP) is 2.17. The number of hydrogen-bond acceptors (Lipinski definition) is 4. The highest BCUT2D eigenvalue weighted by atomic mass is 32.2. The summed E-state index contributed by atoms with van der Waals surface area (Å²) in [5.41, 5.74) is 1.70. The van der Waals surface area contributed by atoms with Crippen LogP contribution in [0.3, 0.4) is 0 Å². The van der Waals surface area contributed by atoms with Crippen molar-refractivity contribution in [3.63, 3.8) is 0 Å². The van der Waals surface area contributed by atoms with E-state index in [2.05, 4.69) is 12.2 Å². The highest BCUT2D eigenvalue weighted by Gasteiger charge is 2.26. The maximum Gasteiger partial charge on any atom is 0.253 e. The Kier molecular flexibility index (Phi) is 7.41. The smallest absolute Gasteiger partial charge is 0.253 e. The first kappa shape index (κ1) is 21.5. The monoisotopic (exact) mass is 415 g/mol. The quantitative estimate of drug-likeness (QED) is 0.717. The molecular weight excluding hydrogens is 386 g/mol. The van der Waals surface area contributed by atoms with Crippen LogP contribution in [0.2, 0.25) is 0 Å². The second-order valence-electron chi connectivity index (χ2n) is 7.39. The van der Waals surface area contributed by atoms with Gasteiger partial charge in [-0.1, -0.05) is 55.5 Å². The molecule has 29 heavy (non-hydrogen) atoms. The molecule has 3 rings (SSSR count). The summed E-state index contributed by atoms with van der Waals surface area (Å²) < 4.78 is 27.1. The summed E-state index contributed by atoms with van der Waals surface area (Å²) in [6.45, 7) is 5.00. The molecule has 0 radical (unpaired) electrons. The van der Waals surface area contributed by atoms with Crippen molar-refractivity contribution in [2.45, 2.75) is 12.8 Å². The molecule has 0 spiro atoms. The average molecular weight is 416 g/mol. The third-order valence-corrected chi connectivity index (χ3v) is 7.11. The van der Waals surface area contributed by atoms with Gasteiger partial charge in [0.2, 0.25) is 10.0 Å². The van der Waals surface area contributed by atoms with Crippen LogP contribution in [0.4, 0.5) is 0 Å². The highest BCUT2D eigenvalue weighted by Crippen LogP contribution is 2.18. The lowest BCUT2D eigenvalue weighted by molar-refractivity contribution is 0.0757. The predicted molar refractivity (Wildman–Crippen MR) is 115 cm³/mol. The number of hydrogen-bond donors (Lipinski definition) is 1. The topological polar surface area (TPSA) is 69.7 Å². The highest BCUT2D eigenvalue weighted by molar-refractivity contribution is 7.89. The van der Waals surface area contributed by atoms with E-state index in [0.717, 1.165) is 5.56 Å². The summed E-state index contributed by atoms with van der Waals surface area (Å²) in [4.78, 5) is 14.8. The van der Waals surface area contributed by atoms with E-state index in [4.69, 9.17) is 0 Å². The van der Waals surface area contributed by atoms with Crippen LogP contribution >= 0.6 is 0 Å². The van der Waals surface area contributed by atoms with Gasteiger partial charge in [-0.2, -0.15) is 4.31 Å². The van der Waals surface area contributed by atoms with Crippen LogP contribution in [-0.4, -0.2) is 68.6 Å². The zero-order valence-corrected chi connectivity index (χ0v) is 17.6. The summed E-state index contributed by atoms with van der Waals surface area (Å²) in [6, 6.07) is 19.0. The van der Waals surface area contributed by atoms with Crippen LogP contribution in [-0.2, 0) is 10.0 Å². The molecule has 1 saturated heterocycles. The van der Waals surface area contributed by atoms with Gasteiger partial charge >= 0.3 is 0 Å². The van der Waals surface area contributed by atoms with Crippen LogP contribution < -0.4 is 5.32 Å². The van der Waals surface area contributed by atoms with E-state index in [1.165, 1.54) is 4.31 Å². The van der Waals surface area contributed by atoms with E-state index < -0.39 is 10.0 Å². The van der Waals surface area contributed by atoms with E-state index in [1.54, 1.807) is 17.0 Å². The number of sulfonamides is 1. The van der Waals surface area contributed by atoms with Crippen molar-refractivity contribution in [3.8, 4) is 0 Å². The Balaban J connectivity index is 1.74. The Bertz CT molecular complexity index is 882. The van der Waals surface area contributed by atoms with Crippen LogP contribution in [0.1, 0.15) is 28.8 Å². The summed E-state index contributed by atoms with van der Waals surface area (Å²) in [5, 5.41) is 3.17. The van der Waals surface area contributed by atoms with Gasteiger partial charge in [0.25, 0.3) is 5.91 Å². The lowest BCUT2D eigenvalue weighted by atomic mass is 10.0. The van der Waals surface area contributed by atoms with Crippen molar-refractivity contribution in [2.75, 3.05) is 45.0 Å². The molecule has 0 aromatic heterocycles. The van der Waals surface area contributed by atoms with Gasteiger partial charge in [0, 0.05) is 44.8 Å². The van der Waals surface area contributed by atoms with Gasteiger partial charge in [-0.05, 0) is 23.6 Å². The Morgan fingerprint density at radius 2 is 1.62 bits per heavy atom. The fraction of sp³-hybridized carbons (Fsp3) is 0.409. The summed E-state index contributed by atoms with van der Waals surface area (Å²) in [7, 11) is -3.40. The molecule has 1 unspecified atom stereocenters. The molecule has 6 nitrogen and oxygen atoms in total. The first-order chi connectivity index (χ1) is 14.0. The van der Waals surface area contributed by atoms with Gasteiger partial charge in [-0.3, -0.25) is 4.79 Å². The lowest BCUT2D eigenvalue weighted by Crippen LogP contribution is -2.48. The number of rotatable bonds is 8. The molecule has 1 heterocycles. The van der Waals surface area contributed by atoms with Crippen LogP contribution in [0.25, 0.3) is 0 Å². The standard InChI is InChI=1S/C22H29N3O3S/c1-19(20-8-4-2-5-9-20)18-24(22(26)21-10-6-3-7-11-21)16-17-29(27,28)25-14-12-23-13-15-25/h2-11,19,23H,12-18H2,1H3. The van der Waals surface area contributed by atoms with Crippen molar-refractivity contribution < 1.29 is 13.2 Å². The van der Waals surface area contributed by atoms with Crippen LogP contribution in [0.15, 0.2) is 60.7 Å². The van der Waals surface area contributed by atoms with Crippen molar-refractivity contribution in [1.82, 2.24) is 14.5 Å². The molecule has 2 aromatic carbocycles. The molecular formula is C22H29N3O3S. The van der Waals surface area contributed by atoms with Crippen molar-refractivity contribution in [3.05, 3.63) is 71.8 Å². The van der Waals surface area contributed by atoms with Gasteiger partial charge in [0.1, 0.15) is 0 Å². The molecule has 1 aliphatic rings. The number of carbonyl (C=O) groups excluding carboxylic acids is 1. The first-order valence-corrected chi connectivity index (χ1v) is 11.7. The molecule has 7 heteroatoms. The van der Waals surface area contributed by atoms with Gasteiger partial charge in [0.15, 0.2) is 0 Å². The van der Waals surface area contributed by atoms with Crippen molar-refractivity contribution >= 4 is 15.9 Å². The number of piperazine rings is 1. The average Bonchev–Trinajstić information content (AvgIpc) is 2.78. The zero-order valence-electron chi connectivity index (χ0n) is 16.8. The molecule has 1 aliphatic heterocycles. The van der Waals surface area contributed by atoms with Crippen LogP contribution in [0, 0.1) is 0 Å². The maximum atomic E-state index is 13.1. The number of nitrogens with one attached hydrogen (secondary N) is 1. The second-order valence-corrected chi connectivity index (χ2v) is 9.48. The SMILES string of the molecule is CC(CN(CCS(=O)(=O)N1CCNCC1)C(=O)c1ccccc1)c1ccccc1. The minimum absolute atomic E-state index is 0.0624. The van der Waals surface area contributed by atoms with Crippen molar-refractivity contribution in [2.24, 2.45) is 0 Å². The fourth-order valence-electron chi connectivity index (χ4n) is 3.53. The van der Waals surface area contributed by atoms with Gasteiger partial charge in [-0.15, -0.1) is 0 Å². The normalized spacial score (nSPS) is 16.3. The largest absolute Gasteiger partial charge is 0.337 e. The van der Waals surface area contributed by atoms with Gasteiger partial charge in [-0.25, -0.2) is 8.42 Å². The lowest BCUT2D eigenvalue weighted by Gasteiger charge is -2.30. The number of nitrogens with zero attached hydrogens (tertiary/aromatic N) is 2. The fourth-order valence-corrected chi connectivity index (χ4v) is 4.98. The number of carbonyl (C=O) groups is 1. The molecule has 1 N–H and O–H groups in total. The minimum Gasteiger partial charge on any atom is -0.337 e. The van der Waals surface area contributed by atoms with E-state index in [1.807, 2.05) is 48.5 Å². The summed E-state index contributed by atoms with van der Waals surface area (Å²) >= 11 is 0. The van der Waals surface area contributed by atoms with Gasteiger partial charge < -0.3 is 10.2 Å². The molecule has 1 fully saturated rings. The molecule has 0 aliphatic carbocycles. The molecule has 2 aromatic rings. The van der Waals surface area contributed by atoms with Gasteiger partial charge in [0.05, 0.1) is 5.75 Å². The third kappa shape index (κ3) is 5.88. The molecule has 1 atom stereocenters. The zero-order chi connectivity index (χ0) is 20.7. The second kappa shape index (κ2) is 10.0. The Morgan fingerprint density at radius 3 is 2.24 bits per heavy atom. The van der Waals surface area contributed by atoms with E-state index in [9.17, 15) is 13.2 Å². The number of benzene rings is 2. The summed E-state index contributed by atoms with van der Waals surface area (Å²) in [6.07, 6.45) is 0. The van der Waals surface area contributed by atoms with E-state index in [0.29, 0.717) is 38.3 Å². The Hall–Kier alpha value is -2.22.